The fraction of sp³-hybridized carbons (Fsp3) is 0.231. The highest BCUT2D eigenvalue weighted by molar-refractivity contribution is 5.34. The molecular formula is C13H12F3N3O. The van der Waals surface area contributed by atoms with E-state index >= 15 is 0 Å². The van der Waals surface area contributed by atoms with Crippen molar-refractivity contribution in [3.63, 3.8) is 0 Å². The topological polar surface area (TPSA) is 46.9 Å². The molecule has 1 N–H and O–H groups in total. The van der Waals surface area contributed by atoms with Gasteiger partial charge in [0.05, 0.1) is 12.2 Å². The lowest BCUT2D eigenvalue weighted by Gasteiger charge is -2.14. The molecule has 106 valence electrons. The molecule has 2 rings (SSSR count). The number of halogens is 3. The number of hydrogen-bond donors (Lipinski definition) is 1. The molecule has 0 unspecified atom stereocenters. The van der Waals surface area contributed by atoms with Crippen LogP contribution in [0.15, 0.2) is 41.2 Å². The van der Waals surface area contributed by atoms with E-state index in [0.717, 1.165) is 18.2 Å². The van der Waals surface area contributed by atoms with Crippen LogP contribution in [0.4, 0.5) is 19.0 Å². The normalized spacial score (nSPS) is 11.4. The van der Waals surface area contributed by atoms with Crippen LogP contribution >= 0.6 is 0 Å². The maximum atomic E-state index is 12.9. The minimum atomic E-state index is -4.58. The van der Waals surface area contributed by atoms with Crippen molar-refractivity contribution in [2.75, 3.05) is 12.4 Å². The summed E-state index contributed by atoms with van der Waals surface area (Å²) < 4.78 is 39.3. The van der Waals surface area contributed by atoms with Gasteiger partial charge < -0.3 is 5.32 Å². The molecule has 0 fully saturated rings. The van der Waals surface area contributed by atoms with Crippen LogP contribution in [0.3, 0.4) is 0 Å². The minimum Gasteiger partial charge on any atom is -0.373 e. The van der Waals surface area contributed by atoms with E-state index in [1.165, 1.54) is 0 Å². The number of nitrogens with zero attached hydrogens (tertiary/aromatic N) is 2. The Morgan fingerprint density at radius 2 is 1.90 bits per heavy atom. The lowest BCUT2D eigenvalue weighted by molar-refractivity contribution is -0.144. The number of rotatable bonds is 3. The van der Waals surface area contributed by atoms with E-state index in [2.05, 4.69) is 10.3 Å². The molecular weight excluding hydrogens is 271 g/mol. The van der Waals surface area contributed by atoms with Gasteiger partial charge in [-0.05, 0) is 18.2 Å². The van der Waals surface area contributed by atoms with Crippen LogP contribution in [-0.4, -0.2) is 16.6 Å². The van der Waals surface area contributed by atoms with Gasteiger partial charge in [-0.3, -0.25) is 9.36 Å². The summed E-state index contributed by atoms with van der Waals surface area (Å²) in [6.07, 6.45) is -4.58. The lowest BCUT2D eigenvalue weighted by Crippen LogP contribution is -2.27. The molecule has 4 nitrogen and oxygen atoms in total. The predicted octanol–water partition coefficient (Wildman–Crippen LogP) is 2.35. The van der Waals surface area contributed by atoms with Gasteiger partial charge in [0.15, 0.2) is 0 Å². The summed E-state index contributed by atoms with van der Waals surface area (Å²) >= 11 is 0. The molecule has 0 atom stereocenters. The zero-order valence-electron chi connectivity index (χ0n) is 10.6. The second-order valence-electron chi connectivity index (χ2n) is 4.10. The van der Waals surface area contributed by atoms with Crippen LogP contribution in [0.1, 0.15) is 11.4 Å². The smallest absolute Gasteiger partial charge is 0.373 e. The van der Waals surface area contributed by atoms with Gasteiger partial charge in [-0.15, -0.1) is 0 Å². The van der Waals surface area contributed by atoms with Gasteiger partial charge in [0, 0.05) is 13.1 Å². The number of aromatic nitrogens is 2. The zero-order valence-corrected chi connectivity index (χ0v) is 10.6. The fourth-order valence-corrected chi connectivity index (χ4v) is 1.80. The standard InChI is InChI=1S/C13H12F3N3O/c1-17-11-6-2-4-9(18-11)8-19-10(13(14,15)16)5-3-7-12(19)20/h2-7H,8H2,1H3,(H,17,18). The van der Waals surface area contributed by atoms with Gasteiger partial charge in [-0.1, -0.05) is 12.1 Å². The average molecular weight is 283 g/mol. The van der Waals surface area contributed by atoms with Crippen molar-refractivity contribution in [1.82, 2.24) is 9.55 Å². The van der Waals surface area contributed by atoms with Crippen LogP contribution in [0.2, 0.25) is 0 Å². The number of pyridine rings is 2. The summed E-state index contributed by atoms with van der Waals surface area (Å²) in [5, 5.41) is 2.79. The molecule has 0 saturated carbocycles. The van der Waals surface area contributed by atoms with Crippen molar-refractivity contribution in [3.8, 4) is 0 Å². The monoisotopic (exact) mass is 283 g/mol. The van der Waals surface area contributed by atoms with E-state index in [4.69, 9.17) is 0 Å². The van der Waals surface area contributed by atoms with Gasteiger partial charge in [0.1, 0.15) is 11.5 Å². The molecule has 20 heavy (non-hydrogen) atoms. The highest BCUT2D eigenvalue weighted by atomic mass is 19.4. The predicted molar refractivity (Wildman–Crippen MR) is 68.6 cm³/mol. The summed E-state index contributed by atoms with van der Waals surface area (Å²) in [7, 11) is 1.65. The maximum Gasteiger partial charge on any atom is 0.431 e. The van der Waals surface area contributed by atoms with E-state index in [-0.39, 0.29) is 6.54 Å². The quantitative estimate of drug-likeness (QED) is 0.940. The molecule has 0 spiro atoms. The molecule has 0 amide bonds. The van der Waals surface area contributed by atoms with Crippen molar-refractivity contribution in [3.05, 3.63) is 58.1 Å². The highest BCUT2D eigenvalue weighted by Crippen LogP contribution is 2.28. The molecule has 0 aliphatic heterocycles. The van der Waals surface area contributed by atoms with Crippen molar-refractivity contribution in [2.24, 2.45) is 0 Å². The third-order valence-electron chi connectivity index (χ3n) is 2.72. The summed E-state index contributed by atoms with van der Waals surface area (Å²) in [5.41, 5.74) is -1.33. The first-order chi connectivity index (χ1) is 9.41. The van der Waals surface area contributed by atoms with Crippen LogP contribution in [0.25, 0.3) is 0 Å². The second-order valence-corrected chi connectivity index (χ2v) is 4.10. The molecule has 0 aliphatic rings. The van der Waals surface area contributed by atoms with Crippen molar-refractivity contribution >= 4 is 5.82 Å². The maximum absolute atomic E-state index is 12.9. The van der Waals surface area contributed by atoms with E-state index in [9.17, 15) is 18.0 Å². The largest absolute Gasteiger partial charge is 0.431 e. The molecule has 2 aromatic heterocycles. The molecule has 7 heteroatoms. The Morgan fingerprint density at radius 1 is 1.20 bits per heavy atom. The Balaban J connectivity index is 2.45. The highest BCUT2D eigenvalue weighted by Gasteiger charge is 2.34. The zero-order chi connectivity index (χ0) is 14.8. The van der Waals surface area contributed by atoms with Crippen LogP contribution < -0.4 is 10.9 Å². The summed E-state index contributed by atoms with van der Waals surface area (Å²) in [4.78, 5) is 15.8. The molecule has 2 aromatic rings. The van der Waals surface area contributed by atoms with Crippen LogP contribution in [0.5, 0.6) is 0 Å². The van der Waals surface area contributed by atoms with Crippen LogP contribution in [-0.2, 0) is 12.7 Å². The Labute approximate surface area is 112 Å². The van der Waals surface area contributed by atoms with Gasteiger partial charge >= 0.3 is 6.18 Å². The first-order valence-electron chi connectivity index (χ1n) is 5.82. The van der Waals surface area contributed by atoms with Gasteiger partial charge in [-0.25, -0.2) is 4.98 Å². The molecule has 2 heterocycles. The summed E-state index contributed by atoms with van der Waals surface area (Å²) in [6, 6.07) is 7.98. The molecule has 0 saturated heterocycles. The van der Waals surface area contributed by atoms with E-state index in [1.807, 2.05) is 0 Å². The van der Waals surface area contributed by atoms with E-state index < -0.39 is 17.4 Å². The van der Waals surface area contributed by atoms with Gasteiger partial charge in [0.25, 0.3) is 5.56 Å². The number of hydrogen-bond acceptors (Lipinski definition) is 3. The Kier molecular flexibility index (Phi) is 3.78. The van der Waals surface area contributed by atoms with Gasteiger partial charge in [0.2, 0.25) is 0 Å². The number of alkyl halides is 3. The number of anilines is 1. The third-order valence-corrected chi connectivity index (χ3v) is 2.72. The Morgan fingerprint density at radius 3 is 2.55 bits per heavy atom. The molecule has 0 radical (unpaired) electrons. The van der Waals surface area contributed by atoms with Crippen molar-refractivity contribution < 1.29 is 13.2 Å². The molecule has 0 aliphatic carbocycles. The lowest BCUT2D eigenvalue weighted by atomic mass is 10.3. The summed E-state index contributed by atoms with van der Waals surface area (Å²) in [5.74, 6) is 0.528. The summed E-state index contributed by atoms with van der Waals surface area (Å²) in [6.45, 7) is -0.232. The van der Waals surface area contributed by atoms with Crippen molar-refractivity contribution in [2.45, 2.75) is 12.7 Å². The SMILES string of the molecule is CNc1cccc(Cn2c(C(F)(F)F)cccc2=O)n1. The minimum absolute atomic E-state index is 0.232. The van der Waals surface area contributed by atoms with Gasteiger partial charge in [-0.2, -0.15) is 13.2 Å². The third kappa shape index (κ3) is 2.98. The fourth-order valence-electron chi connectivity index (χ4n) is 1.80. The first kappa shape index (κ1) is 14.1. The van der Waals surface area contributed by atoms with Crippen molar-refractivity contribution in [1.29, 1.82) is 0 Å². The Hall–Kier alpha value is -2.31. The number of nitrogens with one attached hydrogen (secondary N) is 1. The van der Waals surface area contributed by atoms with Crippen LogP contribution in [0, 0.1) is 0 Å². The second kappa shape index (κ2) is 5.36. The molecule has 0 bridgehead atoms. The van der Waals surface area contributed by atoms with E-state index in [1.54, 1.807) is 25.2 Å². The average Bonchev–Trinajstić information content (AvgIpc) is 2.40. The van der Waals surface area contributed by atoms with E-state index in [0.29, 0.717) is 16.1 Å². The Bertz CT molecular complexity index is 664. The first-order valence-corrected chi connectivity index (χ1v) is 5.82. The molecule has 0 aromatic carbocycles.